The fourth-order valence-electron chi connectivity index (χ4n) is 1.72. The van der Waals surface area contributed by atoms with E-state index in [2.05, 4.69) is 5.32 Å². The summed E-state index contributed by atoms with van der Waals surface area (Å²) in [7, 11) is 0. The molecule has 76 valence electrons. The first-order chi connectivity index (χ1) is 5.93. The van der Waals surface area contributed by atoms with Gasteiger partial charge in [-0.05, 0) is 26.2 Å². The molecule has 1 amide bonds. The number of carbonyl (C=O) groups is 1. The highest BCUT2D eigenvalue weighted by Crippen LogP contribution is 2.29. The summed E-state index contributed by atoms with van der Waals surface area (Å²) in [6, 6.07) is -0.0533. The maximum Gasteiger partial charge on any atom is 0.222 e. The molecule has 0 aromatic carbocycles. The monoisotopic (exact) mass is 185 g/mol. The lowest BCUT2D eigenvalue weighted by Gasteiger charge is -2.27. The summed E-state index contributed by atoms with van der Waals surface area (Å²) in [5, 5.41) is 12.7. The molecule has 0 heterocycles. The smallest absolute Gasteiger partial charge is 0.222 e. The van der Waals surface area contributed by atoms with E-state index < -0.39 is 5.60 Å². The van der Waals surface area contributed by atoms with Crippen LogP contribution in [-0.4, -0.2) is 22.7 Å². The molecule has 0 radical (unpaired) electrons. The zero-order chi connectivity index (χ0) is 10.1. The van der Waals surface area contributed by atoms with Crippen molar-refractivity contribution in [2.24, 2.45) is 5.92 Å². The van der Waals surface area contributed by atoms with Gasteiger partial charge in [0.05, 0.1) is 11.6 Å². The van der Waals surface area contributed by atoms with Crippen LogP contribution in [0.5, 0.6) is 0 Å². The quantitative estimate of drug-likeness (QED) is 0.676. The lowest BCUT2D eigenvalue weighted by Crippen LogP contribution is -2.48. The molecule has 1 aliphatic rings. The van der Waals surface area contributed by atoms with Crippen molar-refractivity contribution < 1.29 is 9.90 Å². The molecule has 0 spiro atoms. The third-order valence-electron chi connectivity index (χ3n) is 2.77. The number of aliphatic hydroxyl groups is 1. The lowest BCUT2D eigenvalue weighted by atomic mass is 10.00. The number of amides is 1. The van der Waals surface area contributed by atoms with Gasteiger partial charge in [0.1, 0.15) is 0 Å². The summed E-state index contributed by atoms with van der Waals surface area (Å²) in [4.78, 5) is 11.4. The highest BCUT2D eigenvalue weighted by Gasteiger charge is 2.37. The van der Waals surface area contributed by atoms with Gasteiger partial charge in [0, 0.05) is 5.92 Å². The molecule has 1 fully saturated rings. The van der Waals surface area contributed by atoms with E-state index in [1.165, 1.54) is 0 Å². The normalized spacial score (nSPS) is 33.8. The van der Waals surface area contributed by atoms with Gasteiger partial charge in [-0.3, -0.25) is 4.79 Å². The van der Waals surface area contributed by atoms with Crippen LogP contribution in [0.3, 0.4) is 0 Å². The SMILES string of the molecule is CC(C)C(=O)N[C@H]1CCC[C@]1(C)O. The van der Waals surface area contributed by atoms with Crippen molar-refractivity contribution in [1.82, 2.24) is 5.32 Å². The Hall–Kier alpha value is -0.570. The van der Waals surface area contributed by atoms with Gasteiger partial charge in [0.2, 0.25) is 5.91 Å². The Morgan fingerprint density at radius 3 is 2.62 bits per heavy atom. The summed E-state index contributed by atoms with van der Waals surface area (Å²) >= 11 is 0. The average molecular weight is 185 g/mol. The van der Waals surface area contributed by atoms with Crippen LogP contribution >= 0.6 is 0 Å². The molecule has 0 bridgehead atoms. The first kappa shape index (κ1) is 10.5. The molecule has 13 heavy (non-hydrogen) atoms. The van der Waals surface area contributed by atoms with Gasteiger partial charge in [0.15, 0.2) is 0 Å². The van der Waals surface area contributed by atoms with E-state index in [1.54, 1.807) is 6.92 Å². The van der Waals surface area contributed by atoms with E-state index in [0.29, 0.717) is 0 Å². The lowest BCUT2D eigenvalue weighted by molar-refractivity contribution is -0.126. The summed E-state index contributed by atoms with van der Waals surface area (Å²) in [5.74, 6) is 0.0311. The van der Waals surface area contributed by atoms with Crippen molar-refractivity contribution in [2.45, 2.75) is 51.7 Å². The van der Waals surface area contributed by atoms with Gasteiger partial charge < -0.3 is 10.4 Å². The van der Waals surface area contributed by atoms with Crippen LogP contribution in [0.15, 0.2) is 0 Å². The summed E-state index contributed by atoms with van der Waals surface area (Å²) in [6.45, 7) is 5.52. The van der Waals surface area contributed by atoms with Gasteiger partial charge in [-0.15, -0.1) is 0 Å². The van der Waals surface area contributed by atoms with Gasteiger partial charge in [-0.25, -0.2) is 0 Å². The molecular formula is C10H19NO2. The van der Waals surface area contributed by atoms with Crippen LogP contribution in [0.4, 0.5) is 0 Å². The van der Waals surface area contributed by atoms with Crippen molar-refractivity contribution in [1.29, 1.82) is 0 Å². The van der Waals surface area contributed by atoms with E-state index in [4.69, 9.17) is 0 Å². The third kappa shape index (κ3) is 2.44. The Bertz CT molecular complexity index is 199. The fourth-order valence-corrected chi connectivity index (χ4v) is 1.72. The molecule has 2 N–H and O–H groups in total. The number of hydrogen-bond donors (Lipinski definition) is 2. The second-order valence-electron chi connectivity index (χ2n) is 4.47. The van der Waals surface area contributed by atoms with E-state index in [1.807, 2.05) is 13.8 Å². The Balaban J connectivity index is 2.50. The number of nitrogens with one attached hydrogen (secondary N) is 1. The van der Waals surface area contributed by atoms with Gasteiger partial charge in [0.25, 0.3) is 0 Å². The second-order valence-corrected chi connectivity index (χ2v) is 4.47. The van der Waals surface area contributed by atoms with Crippen LogP contribution in [0, 0.1) is 5.92 Å². The highest BCUT2D eigenvalue weighted by atomic mass is 16.3. The third-order valence-corrected chi connectivity index (χ3v) is 2.77. The predicted molar refractivity (Wildman–Crippen MR) is 51.2 cm³/mol. The molecule has 0 unspecified atom stereocenters. The van der Waals surface area contributed by atoms with E-state index >= 15 is 0 Å². The van der Waals surface area contributed by atoms with Crippen molar-refractivity contribution in [3.63, 3.8) is 0 Å². The molecule has 1 rings (SSSR count). The maximum absolute atomic E-state index is 11.4. The number of carbonyl (C=O) groups excluding carboxylic acids is 1. The highest BCUT2D eigenvalue weighted by molar-refractivity contribution is 5.78. The molecular weight excluding hydrogens is 166 g/mol. The van der Waals surface area contributed by atoms with E-state index in [-0.39, 0.29) is 17.9 Å². The van der Waals surface area contributed by atoms with Crippen molar-refractivity contribution >= 4 is 5.91 Å². The van der Waals surface area contributed by atoms with Crippen molar-refractivity contribution in [2.75, 3.05) is 0 Å². The fraction of sp³-hybridized carbons (Fsp3) is 0.900. The second kappa shape index (κ2) is 3.66. The number of hydrogen-bond acceptors (Lipinski definition) is 2. The zero-order valence-corrected chi connectivity index (χ0v) is 8.63. The molecule has 0 saturated heterocycles. The molecule has 0 aromatic heterocycles. The van der Waals surface area contributed by atoms with Crippen LogP contribution in [0.1, 0.15) is 40.0 Å². The molecule has 1 aliphatic carbocycles. The minimum Gasteiger partial charge on any atom is -0.388 e. The molecule has 2 atom stereocenters. The Labute approximate surface area is 79.5 Å². The molecule has 3 nitrogen and oxygen atoms in total. The topological polar surface area (TPSA) is 49.3 Å². The molecule has 3 heteroatoms. The van der Waals surface area contributed by atoms with Crippen LogP contribution < -0.4 is 5.32 Å². The van der Waals surface area contributed by atoms with Crippen LogP contribution in [-0.2, 0) is 4.79 Å². The predicted octanol–water partition coefficient (Wildman–Crippen LogP) is 1.06. The Morgan fingerprint density at radius 2 is 2.23 bits per heavy atom. The molecule has 0 aliphatic heterocycles. The van der Waals surface area contributed by atoms with Gasteiger partial charge in [-0.2, -0.15) is 0 Å². The Morgan fingerprint density at radius 1 is 1.62 bits per heavy atom. The zero-order valence-electron chi connectivity index (χ0n) is 8.63. The number of rotatable bonds is 2. The largest absolute Gasteiger partial charge is 0.388 e. The Kier molecular flexibility index (Phi) is 2.96. The van der Waals surface area contributed by atoms with Crippen molar-refractivity contribution in [3.8, 4) is 0 Å². The van der Waals surface area contributed by atoms with Crippen molar-refractivity contribution in [3.05, 3.63) is 0 Å². The first-order valence-electron chi connectivity index (χ1n) is 4.96. The molecule has 0 aromatic rings. The van der Waals surface area contributed by atoms with Gasteiger partial charge >= 0.3 is 0 Å². The van der Waals surface area contributed by atoms with Gasteiger partial charge in [-0.1, -0.05) is 13.8 Å². The molecule has 1 saturated carbocycles. The minimum atomic E-state index is -0.704. The van der Waals surface area contributed by atoms with E-state index in [9.17, 15) is 9.90 Å². The van der Waals surface area contributed by atoms with E-state index in [0.717, 1.165) is 19.3 Å². The first-order valence-corrected chi connectivity index (χ1v) is 4.96. The minimum absolute atomic E-state index is 0.00333. The summed E-state index contributed by atoms with van der Waals surface area (Å²) in [6.07, 6.45) is 2.68. The maximum atomic E-state index is 11.4. The van der Waals surface area contributed by atoms with Crippen LogP contribution in [0.2, 0.25) is 0 Å². The standard InChI is InChI=1S/C10H19NO2/c1-7(2)9(12)11-8-5-4-6-10(8,3)13/h7-8,13H,4-6H2,1-3H3,(H,11,12)/t8-,10-/m0/s1. The van der Waals surface area contributed by atoms with Crippen LogP contribution in [0.25, 0.3) is 0 Å². The summed E-state index contributed by atoms with van der Waals surface area (Å²) < 4.78 is 0. The summed E-state index contributed by atoms with van der Waals surface area (Å²) in [5.41, 5.74) is -0.704. The average Bonchev–Trinajstić information content (AvgIpc) is 2.30.